The Labute approximate surface area is 348 Å². The average molecular weight is 976 g/mol. The third-order valence-electron chi connectivity index (χ3n) is 7.79. The highest BCUT2D eigenvalue weighted by molar-refractivity contribution is 7.86. The lowest BCUT2D eigenvalue weighted by atomic mass is 9.87. The van der Waals surface area contributed by atoms with Gasteiger partial charge in [0.2, 0.25) is 0 Å². The zero-order valence-corrected chi connectivity index (χ0v) is 35.1. The lowest BCUT2D eigenvalue weighted by Crippen LogP contribution is -2.74. The van der Waals surface area contributed by atoms with Crippen LogP contribution in [0.1, 0.15) is 87.1 Å². The number of carbonyl (C=O) groups excluding carboxylic acids is 3. The van der Waals surface area contributed by atoms with Gasteiger partial charge in [0.15, 0.2) is 0 Å². The van der Waals surface area contributed by atoms with E-state index in [9.17, 15) is 97.4 Å². The van der Waals surface area contributed by atoms with Gasteiger partial charge in [-0.1, -0.05) is 12.1 Å². The van der Waals surface area contributed by atoms with Gasteiger partial charge < -0.3 is 19.5 Å². The van der Waals surface area contributed by atoms with Crippen LogP contribution in [0.15, 0.2) is 29.2 Å². The molecule has 0 aliphatic carbocycles. The van der Waals surface area contributed by atoms with Crippen LogP contribution in [0.25, 0.3) is 0 Å². The summed E-state index contributed by atoms with van der Waals surface area (Å²) in [5.41, 5.74) is -6.20. The van der Waals surface area contributed by atoms with Gasteiger partial charge in [-0.05, 0) is 93.7 Å². The van der Waals surface area contributed by atoms with Crippen LogP contribution in [0.4, 0.5) is 79.4 Å². The standard InChI is InChI=1S/C35H42F17NO9S/c1-25(2,3)60-22(54)18(16-21(23(55)61-26(4,5)6)53-24(56)62-27(7,8)9)12-11-15-59-63(57,58)20-14-10-13-19(17-20)28(36,37)29(38,39)30(40,41)31(42,43)32(44,45)33(46,47)34(48,49)35(50,51)52/h10,13-14,17-18,21H,11-12,15-16H2,1-9H3,(H,53,56). The fraction of sp³-hybridized carbons (Fsp3) is 0.743. The highest BCUT2D eigenvalue weighted by atomic mass is 32.2. The van der Waals surface area contributed by atoms with Crippen LogP contribution in [-0.4, -0.2) is 97.6 Å². The van der Waals surface area contributed by atoms with Crippen molar-refractivity contribution in [2.45, 2.75) is 157 Å². The minimum atomic E-state index is -8.85. The first-order valence-electron chi connectivity index (χ1n) is 17.7. The van der Waals surface area contributed by atoms with Crippen LogP contribution >= 0.6 is 0 Å². The lowest BCUT2D eigenvalue weighted by molar-refractivity contribution is -0.462. The maximum absolute atomic E-state index is 15.0. The first-order valence-corrected chi connectivity index (χ1v) is 19.1. The van der Waals surface area contributed by atoms with Gasteiger partial charge in [0.05, 0.1) is 17.4 Å². The van der Waals surface area contributed by atoms with Gasteiger partial charge >= 0.3 is 65.7 Å². The van der Waals surface area contributed by atoms with Gasteiger partial charge in [-0.3, -0.25) is 8.98 Å². The SMILES string of the molecule is CC(C)(C)OC(=O)NC(CC(CCCOS(=O)(=O)c1cccc(C(F)(F)C(F)(F)C(F)(F)C(F)(F)C(F)(F)C(F)(F)C(F)(F)C(F)(F)F)c1)C(=O)OC(C)(C)C)C(=O)OC(C)(C)C. The molecule has 0 fully saturated rings. The molecule has 0 heterocycles. The molecule has 28 heteroatoms. The predicted molar refractivity (Wildman–Crippen MR) is 181 cm³/mol. The van der Waals surface area contributed by atoms with Gasteiger partial charge in [0.1, 0.15) is 22.8 Å². The molecule has 0 radical (unpaired) electrons. The molecule has 0 aliphatic heterocycles. The average Bonchev–Trinajstić information content (AvgIpc) is 3.05. The number of alkyl halides is 17. The van der Waals surface area contributed by atoms with Gasteiger partial charge in [0, 0.05) is 5.56 Å². The number of hydrogen-bond acceptors (Lipinski definition) is 9. The monoisotopic (exact) mass is 975 g/mol. The molecular weight excluding hydrogens is 933 g/mol. The summed E-state index contributed by atoms with van der Waals surface area (Å²) >= 11 is 0. The summed E-state index contributed by atoms with van der Waals surface area (Å²) in [6.45, 7) is 12.0. The molecule has 10 nitrogen and oxygen atoms in total. The maximum Gasteiger partial charge on any atom is 0.460 e. The van der Waals surface area contributed by atoms with Crippen LogP contribution < -0.4 is 5.32 Å². The van der Waals surface area contributed by atoms with Crippen LogP contribution in [0.3, 0.4) is 0 Å². The number of alkyl carbamates (subject to hydrolysis) is 1. The van der Waals surface area contributed by atoms with E-state index in [4.69, 9.17) is 14.2 Å². The first-order chi connectivity index (χ1) is 27.5. The Morgan fingerprint density at radius 3 is 1.43 bits per heavy atom. The molecule has 63 heavy (non-hydrogen) atoms. The number of halogens is 17. The predicted octanol–water partition coefficient (Wildman–Crippen LogP) is 10.2. The van der Waals surface area contributed by atoms with Crippen molar-refractivity contribution in [3.8, 4) is 0 Å². The number of benzene rings is 1. The summed E-state index contributed by atoms with van der Waals surface area (Å²) in [6.07, 6.45) is -10.7. The quantitative estimate of drug-likeness (QED) is 0.0502. The number of amides is 1. The number of esters is 2. The van der Waals surface area contributed by atoms with Crippen LogP contribution in [0, 0.1) is 5.92 Å². The maximum atomic E-state index is 15.0. The highest BCUT2D eigenvalue weighted by Gasteiger charge is 2.95. The molecule has 1 amide bonds. The molecule has 0 saturated carbocycles. The Morgan fingerprint density at radius 1 is 0.587 bits per heavy atom. The van der Waals surface area contributed by atoms with Crippen LogP contribution in [-0.2, 0) is 44.0 Å². The van der Waals surface area contributed by atoms with Crippen molar-refractivity contribution >= 4 is 28.1 Å². The van der Waals surface area contributed by atoms with Crippen molar-refractivity contribution in [1.82, 2.24) is 5.32 Å². The topological polar surface area (TPSA) is 134 Å². The normalized spacial score (nSPS) is 15.7. The van der Waals surface area contributed by atoms with E-state index < -0.39 is 153 Å². The van der Waals surface area contributed by atoms with E-state index in [1.165, 1.54) is 62.3 Å². The van der Waals surface area contributed by atoms with Crippen molar-refractivity contribution in [1.29, 1.82) is 0 Å². The van der Waals surface area contributed by atoms with E-state index in [-0.39, 0.29) is 12.1 Å². The summed E-state index contributed by atoms with van der Waals surface area (Å²) in [5, 5.41) is 2.24. The van der Waals surface area contributed by atoms with Crippen molar-refractivity contribution < 1.29 is 116 Å². The second kappa shape index (κ2) is 18.2. The van der Waals surface area contributed by atoms with E-state index >= 15 is 0 Å². The molecule has 2 atom stereocenters. The third-order valence-corrected chi connectivity index (χ3v) is 9.09. The van der Waals surface area contributed by atoms with E-state index in [0.29, 0.717) is 0 Å². The zero-order valence-electron chi connectivity index (χ0n) is 34.3. The third kappa shape index (κ3) is 12.7. The van der Waals surface area contributed by atoms with Gasteiger partial charge in [0.25, 0.3) is 10.1 Å². The smallest absolute Gasteiger partial charge is 0.460 e. The fourth-order valence-electron chi connectivity index (χ4n) is 4.80. The molecule has 0 aliphatic rings. The second-order valence-corrected chi connectivity index (χ2v) is 18.3. The van der Waals surface area contributed by atoms with E-state index in [0.717, 1.165) is 0 Å². The van der Waals surface area contributed by atoms with Crippen LogP contribution in [0.5, 0.6) is 0 Å². The molecule has 0 saturated heterocycles. The van der Waals surface area contributed by atoms with Gasteiger partial charge in [-0.15, -0.1) is 0 Å². The highest BCUT2D eigenvalue weighted by Crippen LogP contribution is 2.65. The zero-order chi connectivity index (χ0) is 50.2. The Hall–Kier alpha value is -3.85. The number of hydrogen-bond donors (Lipinski definition) is 1. The molecule has 1 aromatic carbocycles. The number of ether oxygens (including phenoxy) is 3. The van der Waals surface area contributed by atoms with Crippen molar-refractivity contribution in [3.05, 3.63) is 29.8 Å². The van der Waals surface area contributed by atoms with Gasteiger partial charge in [-0.25, -0.2) is 9.59 Å². The Bertz CT molecular complexity index is 1900. The van der Waals surface area contributed by atoms with E-state index in [2.05, 4.69) is 9.50 Å². The van der Waals surface area contributed by atoms with Crippen molar-refractivity contribution in [2.75, 3.05) is 6.61 Å². The number of carbonyl (C=O) groups is 3. The minimum Gasteiger partial charge on any atom is -0.460 e. The van der Waals surface area contributed by atoms with E-state index in [1.807, 2.05) is 0 Å². The molecular formula is C35H42F17NO9S. The molecule has 2 unspecified atom stereocenters. The molecule has 1 rings (SSSR count). The minimum absolute atomic E-state index is 0.0332. The first kappa shape index (κ1) is 57.2. The Balaban J connectivity index is 3.52. The summed E-state index contributed by atoms with van der Waals surface area (Å²) in [4.78, 5) is 37.2. The fourth-order valence-corrected chi connectivity index (χ4v) is 5.79. The Kier molecular flexibility index (Phi) is 16.5. The number of nitrogens with one attached hydrogen (secondary N) is 1. The molecule has 0 aromatic heterocycles. The molecule has 0 spiro atoms. The molecule has 0 bridgehead atoms. The largest absolute Gasteiger partial charge is 0.460 e. The second-order valence-electron chi connectivity index (χ2n) is 16.7. The van der Waals surface area contributed by atoms with E-state index in [1.54, 1.807) is 0 Å². The van der Waals surface area contributed by atoms with Crippen LogP contribution in [0.2, 0.25) is 0 Å². The summed E-state index contributed by atoms with van der Waals surface area (Å²) in [7, 11) is -5.55. The number of rotatable bonds is 18. The molecule has 1 aromatic rings. The summed E-state index contributed by atoms with van der Waals surface area (Å²) in [5.74, 6) is -62.1. The summed E-state index contributed by atoms with van der Waals surface area (Å²) < 4.78 is 281. The molecule has 366 valence electrons. The van der Waals surface area contributed by atoms with Crippen molar-refractivity contribution in [3.63, 3.8) is 0 Å². The Morgan fingerprint density at radius 2 is 1.00 bits per heavy atom. The lowest BCUT2D eigenvalue weighted by Gasteiger charge is -2.42. The van der Waals surface area contributed by atoms with Gasteiger partial charge in [-0.2, -0.15) is 83.1 Å². The van der Waals surface area contributed by atoms with Crippen molar-refractivity contribution in [2.24, 2.45) is 5.92 Å². The summed E-state index contributed by atoms with van der Waals surface area (Å²) in [6, 6.07) is -2.47. The molecule has 1 N–H and O–H groups in total.